The molecule has 0 spiro atoms. The average Bonchev–Trinajstić information content (AvgIpc) is 2.48. The summed E-state index contributed by atoms with van der Waals surface area (Å²) in [6, 6.07) is 1.84. The van der Waals surface area contributed by atoms with Gasteiger partial charge in [-0.15, -0.1) is 0 Å². The number of nitrogens with zero attached hydrogens (tertiary/aromatic N) is 2. The zero-order chi connectivity index (χ0) is 18.1. The van der Waals surface area contributed by atoms with E-state index >= 15 is 0 Å². The zero-order valence-corrected chi connectivity index (χ0v) is 12.2. The maximum Gasteiger partial charge on any atom is 0.416 e. The lowest BCUT2D eigenvalue weighted by molar-refractivity contribution is -0.144. The molecular weight excluding hydrogens is 339 g/mol. The van der Waals surface area contributed by atoms with Gasteiger partial charge < -0.3 is 4.74 Å². The summed E-state index contributed by atoms with van der Waals surface area (Å²) in [5, 5.41) is 2.33. The topological polar surface area (TPSA) is 61.2 Å². The van der Waals surface area contributed by atoms with E-state index in [1.165, 1.54) is 6.92 Å². The van der Waals surface area contributed by atoms with Crippen molar-refractivity contribution in [2.75, 3.05) is 6.61 Å². The van der Waals surface area contributed by atoms with E-state index in [4.69, 9.17) is 0 Å². The maximum atomic E-state index is 13.1. The molecular formula is C14H11F5N2O3. The van der Waals surface area contributed by atoms with Gasteiger partial charge in [0.05, 0.1) is 17.6 Å². The van der Waals surface area contributed by atoms with E-state index < -0.39 is 52.7 Å². The van der Waals surface area contributed by atoms with Crippen molar-refractivity contribution in [2.45, 2.75) is 26.1 Å². The summed E-state index contributed by atoms with van der Waals surface area (Å²) in [6.45, 7) is 0.804. The van der Waals surface area contributed by atoms with Gasteiger partial charge in [0.2, 0.25) is 0 Å². The highest BCUT2D eigenvalue weighted by Gasteiger charge is 2.31. The molecule has 5 nitrogen and oxygen atoms in total. The van der Waals surface area contributed by atoms with E-state index in [2.05, 4.69) is 9.84 Å². The van der Waals surface area contributed by atoms with Gasteiger partial charge in [-0.05, 0) is 25.1 Å². The molecule has 0 saturated carbocycles. The summed E-state index contributed by atoms with van der Waals surface area (Å²) in [5.74, 6) is -0.876. The van der Waals surface area contributed by atoms with Gasteiger partial charge in [-0.1, -0.05) is 0 Å². The number of alkyl halides is 5. The second-order valence-corrected chi connectivity index (χ2v) is 4.71. The van der Waals surface area contributed by atoms with E-state index in [9.17, 15) is 31.5 Å². The highest BCUT2D eigenvalue weighted by molar-refractivity contribution is 5.85. The van der Waals surface area contributed by atoms with Crippen molar-refractivity contribution in [3.63, 3.8) is 0 Å². The molecule has 130 valence electrons. The Kier molecular flexibility index (Phi) is 4.86. The Hall–Kier alpha value is -2.52. The van der Waals surface area contributed by atoms with Gasteiger partial charge in [0.1, 0.15) is 12.2 Å². The van der Waals surface area contributed by atoms with E-state index in [0.29, 0.717) is 16.8 Å². The maximum absolute atomic E-state index is 13.1. The third-order valence-electron chi connectivity index (χ3n) is 3.11. The third-order valence-corrected chi connectivity index (χ3v) is 3.11. The summed E-state index contributed by atoms with van der Waals surface area (Å²) in [6.07, 6.45) is -7.99. The van der Waals surface area contributed by atoms with Gasteiger partial charge in [0.15, 0.2) is 0 Å². The van der Waals surface area contributed by atoms with Gasteiger partial charge >= 0.3 is 12.1 Å². The van der Waals surface area contributed by atoms with E-state index in [0.717, 1.165) is 6.07 Å². The fourth-order valence-corrected chi connectivity index (χ4v) is 2.08. The molecule has 1 aromatic carbocycles. The molecule has 0 aliphatic carbocycles. The van der Waals surface area contributed by atoms with Crippen LogP contribution in [-0.2, 0) is 22.3 Å². The fourth-order valence-electron chi connectivity index (χ4n) is 2.08. The van der Waals surface area contributed by atoms with Crippen molar-refractivity contribution in [1.29, 1.82) is 0 Å². The lowest BCUT2D eigenvalue weighted by atomic mass is 10.1. The number of carbonyl (C=O) groups excluding carboxylic acids is 1. The number of halogens is 5. The quantitative estimate of drug-likeness (QED) is 0.628. The van der Waals surface area contributed by atoms with Crippen LogP contribution in [0, 0.1) is 0 Å². The fraction of sp³-hybridized carbons (Fsp3) is 0.357. The van der Waals surface area contributed by atoms with Crippen LogP contribution in [-0.4, -0.2) is 22.4 Å². The Morgan fingerprint density at radius 2 is 1.96 bits per heavy atom. The number of fused-ring (bicyclic) bond motifs is 1. The first-order chi connectivity index (χ1) is 11.1. The minimum Gasteiger partial charge on any atom is -0.465 e. The lowest BCUT2D eigenvalue weighted by Gasteiger charge is -2.12. The molecule has 2 rings (SSSR count). The first-order valence-electron chi connectivity index (χ1n) is 6.71. The van der Waals surface area contributed by atoms with Crippen LogP contribution in [0.15, 0.2) is 23.0 Å². The molecule has 1 aromatic heterocycles. The van der Waals surface area contributed by atoms with Crippen LogP contribution in [0.1, 0.15) is 24.6 Å². The lowest BCUT2D eigenvalue weighted by Crippen LogP contribution is -2.29. The highest BCUT2D eigenvalue weighted by Crippen LogP contribution is 2.33. The minimum atomic E-state index is -4.76. The predicted octanol–water partition coefficient (Wildman–Crippen LogP) is 2.92. The third kappa shape index (κ3) is 3.52. The molecule has 0 saturated heterocycles. The van der Waals surface area contributed by atoms with Crippen molar-refractivity contribution in [2.24, 2.45) is 0 Å². The van der Waals surface area contributed by atoms with Crippen LogP contribution in [0.25, 0.3) is 10.8 Å². The Morgan fingerprint density at radius 3 is 2.50 bits per heavy atom. The number of aromatic nitrogens is 2. The van der Waals surface area contributed by atoms with Crippen LogP contribution in [0.3, 0.4) is 0 Å². The Bertz CT molecular complexity index is 829. The average molecular weight is 350 g/mol. The molecule has 0 fully saturated rings. The van der Waals surface area contributed by atoms with E-state index in [1.807, 2.05) is 0 Å². The van der Waals surface area contributed by atoms with E-state index in [-0.39, 0.29) is 6.61 Å². The Morgan fingerprint density at radius 1 is 1.29 bits per heavy atom. The van der Waals surface area contributed by atoms with Crippen LogP contribution in [0.4, 0.5) is 22.0 Å². The summed E-state index contributed by atoms with van der Waals surface area (Å²) >= 11 is 0. The molecule has 2 aromatic rings. The second kappa shape index (κ2) is 6.54. The van der Waals surface area contributed by atoms with Crippen LogP contribution in [0.2, 0.25) is 0 Å². The highest BCUT2D eigenvalue weighted by atomic mass is 19.4. The number of hydrogen-bond acceptors (Lipinski definition) is 4. The first-order valence-corrected chi connectivity index (χ1v) is 6.71. The first kappa shape index (κ1) is 17.8. The van der Waals surface area contributed by atoms with Crippen LogP contribution in [0.5, 0.6) is 0 Å². The number of esters is 1. The molecule has 0 aliphatic rings. The van der Waals surface area contributed by atoms with Gasteiger partial charge in [0.25, 0.3) is 12.0 Å². The van der Waals surface area contributed by atoms with Gasteiger partial charge in [0, 0.05) is 5.39 Å². The molecule has 0 aliphatic heterocycles. The molecule has 0 atom stereocenters. The SMILES string of the molecule is CCOC(=O)Cn1nc(C(F)F)c2cc(C(F)(F)F)ccc2c1=O. The molecule has 1 heterocycles. The summed E-state index contributed by atoms with van der Waals surface area (Å²) in [7, 11) is 0. The number of carbonyl (C=O) groups is 1. The molecule has 0 N–H and O–H groups in total. The minimum absolute atomic E-state index is 0.0117. The van der Waals surface area contributed by atoms with Crippen molar-refractivity contribution in [3.8, 4) is 0 Å². The Balaban J connectivity index is 2.68. The molecule has 24 heavy (non-hydrogen) atoms. The van der Waals surface area contributed by atoms with Crippen LogP contribution >= 0.6 is 0 Å². The normalized spacial score (nSPS) is 12.0. The van der Waals surface area contributed by atoms with Gasteiger partial charge in [-0.25, -0.2) is 13.5 Å². The van der Waals surface area contributed by atoms with E-state index in [1.54, 1.807) is 0 Å². The molecule has 10 heteroatoms. The molecule has 0 radical (unpaired) electrons. The number of rotatable bonds is 4. The predicted molar refractivity (Wildman–Crippen MR) is 72.6 cm³/mol. The summed E-state index contributed by atoms with van der Waals surface area (Å²) < 4.78 is 69.5. The number of benzene rings is 1. The number of ether oxygens (including phenoxy) is 1. The van der Waals surface area contributed by atoms with Crippen molar-refractivity contribution in [3.05, 3.63) is 39.8 Å². The van der Waals surface area contributed by atoms with Crippen molar-refractivity contribution >= 4 is 16.7 Å². The summed E-state index contributed by atoms with van der Waals surface area (Å²) in [4.78, 5) is 23.6. The van der Waals surface area contributed by atoms with Gasteiger partial charge in [-0.2, -0.15) is 18.3 Å². The standard InChI is InChI=1S/C14H11F5N2O3/c1-2-24-10(22)6-21-13(23)8-4-3-7(14(17,18)19)5-9(8)11(20-21)12(15)16/h3-5,12H,2,6H2,1H3. The van der Waals surface area contributed by atoms with Crippen molar-refractivity contribution < 1.29 is 31.5 Å². The monoisotopic (exact) mass is 350 g/mol. The van der Waals surface area contributed by atoms with Gasteiger partial charge in [-0.3, -0.25) is 9.59 Å². The molecule has 0 amide bonds. The molecule has 0 bridgehead atoms. The smallest absolute Gasteiger partial charge is 0.416 e. The summed E-state index contributed by atoms with van der Waals surface area (Å²) in [5.41, 5.74) is -3.16. The van der Waals surface area contributed by atoms with Crippen molar-refractivity contribution in [1.82, 2.24) is 9.78 Å². The Labute approximate surface area is 131 Å². The largest absolute Gasteiger partial charge is 0.465 e. The van der Waals surface area contributed by atoms with Crippen LogP contribution < -0.4 is 5.56 Å². The second-order valence-electron chi connectivity index (χ2n) is 4.71. The number of hydrogen-bond donors (Lipinski definition) is 0. The zero-order valence-electron chi connectivity index (χ0n) is 12.2. The molecule has 0 unspecified atom stereocenters.